The van der Waals surface area contributed by atoms with E-state index in [2.05, 4.69) is 106 Å². The zero-order chi connectivity index (χ0) is 21.2. The van der Waals surface area contributed by atoms with E-state index in [0.717, 1.165) is 45.8 Å². The molecule has 3 aromatic rings. The van der Waals surface area contributed by atoms with Crippen LogP contribution in [0.15, 0.2) is 72.9 Å². The van der Waals surface area contributed by atoms with E-state index < -0.39 is 0 Å². The number of fused-ring (bicyclic) bond motifs is 1. The second-order valence-corrected chi connectivity index (χ2v) is 9.29. The van der Waals surface area contributed by atoms with Crippen LogP contribution in [0.3, 0.4) is 0 Å². The molecule has 5 rings (SSSR count). The van der Waals surface area contributed by atoms with Gasteiger partial charge in [0.2, 0.25) is 0 Å². The van der Waals surface area contributed by atoms with Crippen molar-refractivity contribution in [2.24, 2.45) is 7.05 Å². The zero-order valence-electron chi connectivity index (χ0n) is 18.8. The van der Waals surface area contributed by atoms with E-state index in [4.69, 9.17) is 0 Å². The fourth-order valence-corrected chi connectivity index (χ4v) is 5.44. The van der Waals surface area contributed by atoms with Crippen molar-refractivity contribution in [3.63, 3.8) is 0 Å². The molecule has 31 heavy (non-hydrogen) atoms. The predicted molar refractivity (Wildman–Crippen MR) is 127 cm³/mol. The van der Waals surface area contributed by atoms with Crippen LogP contribution < -0.4 is 0 Å². The highest BCUT2D eigenvalue weighted by molar-refractivity contribution is 5.37. The van der Waals surface area contributed by atoms with Crippen LogP contribution >= 0.6 is 0 Å². The van der Waals surface area contributed by atoms with E-state index in [1.165, 1.54) is 22.4 Å². The largest absolute Gasteiger partial charge is 0.353 e. The van der Waals surface area contributed by atoms with Crippen molar-refractivity contribution in [3.8, 4) is 0 Å². The number of hydrogen-bond acceptors (Lipinski definition) is 3. The molecule has 2 aromatic carbocycles. The van der Waals surface area contributed by atoms with Crippen molar-refractivity contribution in [1.82, 2.24) is 19.3 Å². The lowest BCUT2D eigenvalue weighted by Crippen LogP contribution is -2.48. The minimum absolute atomic E-state index is 0.370. The monoisotopic (exact) mass is 414 g/mol. The molecule has 0 bridgehead atoms. The van der Waals surface area contributed by atoms with Crippen molar-refractivity contribution in [3.05, 3.63) is 95.3 Å². The highest BCUT2D eigenvalue weighted by Gasteiger charge is 2.38. The van der Waals surface area contributed by atoms with E-state index in [0.29, 0.717) is 12.0 Å². The summed E-state index contributed by atoms with van der Waals surface area (Å²) in [5.41, 5.74) is 5.84. The molecule has 0 saturated carbocycles. The summed E-state index contributed by atoms with van der Waals surface area (Å²) >= 11 is 0. The molecule has 3 heterocycles. The first-order valence-electron chi connectivity index (χ1n) is 11.6. The molecule has 0 spiro atoms. The van der Waals surface area contributed by atoms with Gasteiger partial charge in [-0.3, -0.25) is 4.90 Å². The van der Waals surface area contributed by atoms with Crippen LogP contribution in [-0.4, -0.2) is 59.0 Å². The third-order valence-electron chi connectivity index (χ3n) is 7.17. The number of piperazine rings is 1. The van der Waals surface area contributed by atoms with Gasteiger partial charge in [0.1, 0.15) is 0 Å². The number of aryl methyl sites for hydroxylation is 1. The molecule has 2 atom stereocenters. The van der Waals surface area contributed by atoms with Gasteiger partial charge in [-0.05, 0) is 35.9 Å². The predicted octanol–water partition coefficient (Wildman–Crippen LogP) is 4.11. The maximum absolute atomic E-state index is 2.70. The highest BCUT2D eigenvalue weighted by atomic mass is 15.3. The number of benzene rings is 2. The van der Waals surface area contributed by atoms with Gasteiger partial charge >= 0.3 is 0 Å². The molecule has 0 radical (unpaired) electrons. The Morgan fingerprint density at radius 3 is 2.29 bits per heavy atom. The Morgan fingerprint density at radius 1 is 0.806 bits per heavy atom. The maximum Gasteiger partial charge on any atom is 0.0588 e. The quantitative estimate of drug-likeness (QED) is 0.624. The Labute approximate surface area is 186 Å². The maximum atomic E-state index is 2.70. The summed E-state index contributed by atoms with van der Waals surface area (Å²) in [5.74, 6) is 0.464. The van der Waals surface area contributed by atoms with Crippen molar-refractivity contribution in [2.45, 2.75) is 25.0 Å². The van der Waals surface area contributed by atoms with Crippen LogP contribution in [0.1, 0.15) is 34.3 Å². The Bertz CT molecular complexity index is 987. The molecule has 162 valence electrons. The smallest absolute Gasteiger partial charge is 0.0588 e. The molecule has 2 aliphatic heterocycles. The minimum Gasteiger partial charge on any atom is -0.353 e. The fraction of sp³-hybridized carbons (Fsp3) is 0.407. The average molecular weight is 415 g/mol. The molecule has 1 fully saturated rings. The summed E-state index contributed by atoms with van der Waals surface area (Å²) in [6.45, 7) is 7.74. The van der Waals surface area contributed by atoms with Crippen molar-refractivity contribution in [2.75, 3.05) is 39.8 Å². The summed E-state index contributed by atoms with van der Waals surface area (Å²) in [7, 11) is 4.44. The van der Waals surface area contributed by atoms with Crippen LogP contribution in [0.25, 0.3) is 0 Å². The molecule has 0 amide bonds. The molecule has 4 heteroatoms. The van der Waals surface area contributed by atoms with Gasteiger partial charge in [0, 0.05) is 70.7 Å². The first-order chi connectivity index (χ1) is 15.2. The highest BCUT2D eigenvalue weighted by Crippen LogP contribution is 2.44. The molecule has 0 aliphatic carbocycles. The number of aromatic nitrogens is 1. The molecule has 0 unspecified atom stereocenters. The molecule has 1 saturated heterocycles. The van der Waals surface area contributed by atoms with E-state index in [1.54, 1.807) is 0 Å². The van der Waals surface area contributed by atoms with Crippen LogP contribution in [0.4, 0.5) is 0 Å². The summed E-state index contributed by atoms with van der Waals surface area (Å²) < 4.78 is 2.33. The molecule has 1 aromatic heterocycles. The molecular weight excluding hydrogens is 380 g/mol. The Morgan fingerprint density at radius 2 is 1.55 bits per heavy atom. The molecule has 4 nitrogen and oxygen atoms in total. The number of rotatable bonds is 5. The third kappa shape index (κ3) is 4.33. The summed E-state index contributed by atoms with van der Waals surface area (Å²) in [6.07, 6.45) is 2.20. The third-order valence-corrected chi connectivity index (χ3v) is 7.17. The van der Waals surface area contributed by atoms with Crippen LogP contribution in [0, 0.1) is 0 Å². The number of likely N-dealkylation sites (N-methyl/N-ethyl adjacent to an activating group) is 1. The van der Waals surface area contributed by atoms with Gasteiger partial charge in [-0.2, -0.15) is 0 Å². The Kier molecular flexibility index (Phi) is 5.95. The first-order valence-corrected chi connectivity index (χ1v) is 11.6. The summed E-state index contributed by atoms with van der Waals surface area (Å²) in [5, 5.41) is 0. The van der Waals surface area contributed by atoms with E-state index in [1.807, 2.05) is 0 Å². The normalized spacial score (nSPS) is 23.0. The minimum atomic E-state index is 0.370. The standard InChI is InChI=1S/C27H34N4/c1-28-15-17-30(18-16-28)21-25-24-12-7-6-11-23(24)20-31(19-22-9-4-3-5-10-22)27(25)26-13-8-14-29(26)2/h3-14,25,27H,15-21H2,1-2H3/t25-,27-/m1/s1. The molecule has 2 aliphatic rings. The van der Waals surface area contributed by atoms with E-state index in [-0.39, 0.29) is 0 Å². The lowest BCUT2D eigenvalue weighted by Gasteiger charge is -2.45. The van der Waals surface area contributed by atoms with Crippen LogP contribution in [-0.2, 0) is 20.1 Å². The van der Waals surface area contributed by atoms with Gasteiger partial charge in [-0.15, -0.1) is 0 Å². The van der Waals surface area contributed by atoms with Gasteiger partial charge in [0.15, 0.2) is 0 Å². The average Bonchev–Trinajstić information content (AvgIpc) is 3.21. The van der Waals surface area contributed by atoms with Crippen LogP contribution in [0.5, 0.6) is 0 Å². The number of hydrogen-bond donors (Lipinski definition) is 0. The van der Waals surface area contributed by atoms with Crippen molar-refractivity contribution >= 4 is 0 Å². The summed E-state index contributed by atoms with van der Waals surface area (Å²) in [4.78, 5) is 7.83. The first kappa shape index (κ1) is 20.5. The van der Waals surface area contributed by atoms with Gasteiger partial charge in [-0.1, -0.05) is 54.6 Å². The Balaban J connectivity index is 1.53. The van der Waals surface area contributed by atoms with Gasteiger partial charge in [0.05, 0.1) is 6.04 Å². The Hall–Kier alpha value is -2.40. The second kappa shape index (κ2) is 8.99. The zero-order valence-corrected chi connectivity index (χ0v) is 18.8. The summed E-state index contributed by atoms with van der Waals surface area (Å²) in [6, 6.07) is 25.0. The van der Waals surface area contributed by atoms with Gasteiger partial charge in [0.25, 0.3) is 0 Å². The molecular formula is C27H34N4. The van der Waals surface area contributed by atoms with Gasteiger partial charge < -0.3 is 14.4 Å². The topological polar surface area (TPSA) is 14.7 Å². The second-order valence-electron chi connectivity index (χ2n) is 9.29. The van der Waals surface area contributed by atoms with Crippen molar-refractivity contribution in [1.29, 1.82) is 0 Å². The molecule has 0 N–H and O–H groups in total. The lowest BCUT2D eigenvalue weighted by molar-refractivity contribution is 0.0887. The van der Waals surface area contributed by atoms with Crippen molar-refractivity contribution < 1.29 is 0 Å². The fourth-order valence-electron chi connectivity index (χ4n) is 5.44. The van der Waals surface area contributed by atoms with Crippen LogP contribution in [0.2, 0.25) is 0 Å². The lowest BCUT2D eigenvalue weighted by atomic mass is 9.81. The van der Waals surface area contributed by atoms with Gasteiger partial charge in [-0.25, -0.2) is 0 Å². The van der Waals surface area contributed by atoms with E-state index in [9.17, 15) is 0 Å². The number of nitrogens with zero attached hydrogens (tertiary/aromatic N) is 4. The van der Waals surface area contributed by atoms with E-state index >= 15 is 0 Å². The SMILES string of the molecule is CN1CCN(C[C@@H]2c3ccccc3CN(Cc3ccccc3)[C@H]2c2cccn2C)CC1.